The minimum Gasteiger partial charge on any atom is -0.495 e. The standard InChI is InChI=1S/C12H18N2O6S/c1-3-9(6-7-15)13-21(18,19)12-8-10(14(16)17)4-5-11(12)20-2/h4-5,8-9,13,15H,3,6-7H2,1-2H3. The molecule has 0 fully saturated rings. The summed E-state index contributed by atoms with van der Waals surface area (Å²) in [6.07, 6.45) is 0.740. The largest absolute Gasteiger partial charge is 0.495 e. The van der Waals surface area contributed by atoms with E-state index < -0.39 is 21.0 Å². The molecule has 0 bridgehead atoms. The second-order valence-electron chi connectivity index (χ2n) is 4.33. The summed E-state index contributed by atoms with van der Waals surface area (Å²) in [5, 5.41) is 19.7. The van der Waals surface area contributed by atoms with E-state index in [4.69, 9.17) is 9.84 Å². The van der Waals surface area contributed by atoms with Crippen molar-refractivity contribution >= 4 is 15.7 Å². The second-order valence-corrected chi connectivity index (χ2v) is 6.01. The van der Waals surface area contributed by atoms with Crippen molar-refractivity contribution in [1.29, 1.82) is 0 Å². The van der Waals surface area contributed by atoms with E-state index in [1.807, 2.05) is 0 Å². The molecule has 0 heterocycles. The Labute approximate surface area is 122 Å². The third-order valence-corrected chi connectivity index (χ3v) is 4.48. The van der Waals surface area contributed by atoms with Gasteiger partial charge in [0.05, 0.1) is 12.0 Å². The molecule has 2 N–H and O–H groups in total. The molecule has 21 heavy (non-hydrogen) atoms. The van der Waals surface area contributed by atoms with Gasteiger partial charge in [-0.05, 0) is 18.9 Å². The fourth-order valence-corrected chi connectivity index (χ4v) is 3.32. The van der Waals surface area contributed by atoms with Gasteiger partial charge in [-0.2, -0.15) is 0 Å². The van der Waals surface area contributed by atoms with Gasteiger partial charge in [0.15, 0.2) is 0 Å². The number of sulfonamides is 1. The lowest BCUT2D eigenvalue weighted by Gasteiger charge is -2.17. The number of aliphatic hydroxyl groups excluding tert-OH is 1. The number of nitrogens with zero attached hydrogens (tertiary/aromatic N) is 1. The van der Waals surface area contributed by atoms with Crippen LogP contribution >= 0.6 is 0 Å². The van der Waals surface area contributed by atoms with Crippen molar-refractivity contribution in [3.63, 3.8) is 0 Å². The molecule has 1 atom stereocenters. The first-order chi connectivity index (χ1) is 9.85. The zero-order valence-electron chi connectivity index (χ0n) is 11.8. The highest BCUT2D eigenvalue weighted by Crippen LogP contribution is 2.28. The summed E-state index contributed by atoms with van der Waals surface area (Å²) in [5.41, 5.74) is -0.341. The molecule has 0 aliphatic rings. The minimum atomic E-state index is -3.98. The van der Waals surface area contributed by atoms with Crippen LogP contribution in [0.5, 0.6) is 5.75 Å². The Bertz CT molecular complexity index is 602. The maximum absolute atomic E-state index is 12.3. The molecule has 0 saturated heterocycles. The van der Waals surface area contributed by atoms with Crippen LogP contribution in [0.15, 0.2) is 23.1 Å². The number of nitrogens with one attached hydrogen (secondary N) is 1. The number of hydrogen-bond acceptors (Lipinski definition) is 6. The zero-order valence-corrected chi connectivity index (χ0v) is 12.6. The number of ether oxygens (including phenoxy) is 1. The molecule has 0 saturated carbocycles. The Balaban J connectivity index is 3.22. The smallest absolute Gasteiger partial charge is 0.271 e. The average molecular weight is 318 g/mol. The van der Waals surface area contributed by atoms with E-state index >= 15 is 0 Å². The molecule has 1 aromatic carbocycles. The van der Waals surface area contributed by atoms with Gasteiger partial charge in [-0.25, -0.2) is 13.1 Å². The first kappa shape index (κ1) is 17.3. The quantitative estimate of drug-likeness (QED) is 0.546. The van der Waals surface area contributed by atoms with E-state index in [1.54, 1.807) is 6.92 Å². The van der Waals surface area contributed by atoms with Gasteiger partial charge < -0.3 is 9.84 Å². The summed E-state index contributed by atoms with van der Waals surface area (Å²) in [7, 11) is -2.70. The molecule has 1 rings (SSSR count). The van der Waals surface area contributed by atoms with Gasteiger partial charge in [0.1, 0.15) is 10.6 Å². The molecule has 118 valence electrons. The van der Waals surface area contributed by atoms with Crippen LogP contribution in [0.4, 0.5) is 5.69 Å². The van der Waals surface area contributed by atoms with E-state index in [1.165, 1.54) is 19.2 Å². The molecule has 0 amide bonds. The normalized spacial score (nSPS) is 12.9. The van der Waals surface area contributed by atoms with Crippen LogP contribution in [0, 0.1) is 10.1 Å². The van der Waals surface area contributed by atoms with Crippen molar-refractivity contribution in [2.45, 2.75) is 30.7 Å². The van der Waals surface area contributed by atoms with Crippen LogP contribution in [0.25, 0.3) is 0 Å². The molecule has 0 aromatic heterocycles. The maximum atomic E-state index is 12.3. The first-order valence-electron chi connectivity index (χ1n) is 6.31. The summed E-state index contributed by atoms with van der Waals surface area (Å²) in [6.45, 7) is 1.61. The molecule has 9 heteroatoms. The Hall–Kier alpha value is -1.71. The van der Waals surface area contributed by atoms with Gasteiger partial charge >= 0.3 is 0 Å². The van der Waals surface area contributed by atoms with Gasteiger partial charge in [-0.15, -0.1) is 0 Å². The molecule has 0 aliphatic carbocycles. The highest BCUT2D eigenvalue weighted by atomic mass is 32.2. The average Bonchev–Trinajstić information content (AvgIpc) is 2.45. The van der Waals surface area contributed by atoms with Crippen molar-refractivity contribution in [3.8, 4) is 5.75 Å². The molecule has 8 nitrogen and oxygen atoms in total. The maximum Gasteiger partial charge on any atom is 0.271 e. The van der Waals surface area contributed by atoms with Gasteiger partial charge in [0.2, 0.25) is 10.0 Å². The van der Waals surface area contributed by atoms with Gasteiger partial charge in [-0.1, -0.05) is 6.92 Å². The van der Waals surface area contributed by atoms with Crippen molar-refractivity contribution in [1.82, 2.24) is 4.72 Å². The Morgan fingerprint density at radius 2 is 2.14 bits per heavy atom. The lowest BCUT2D eigenvalue weighted by atomic mass is 10.2. The number of methoxy groups -OCH3 is 1. The SMILES string of the molecule is CCC(CCO)NS(=O)(=O)c1cc([N+](=O)[O-])ccc1OC. The number of benzene rings is 1. The van der Waals surface area contributed by atoms with E-state index in [-0.39, 0.29) is 29.4 Å². The molecule has 0 aliphatic heterocycles. The summed E-state index contributed by atoms with van der Waals surface area (Å²) in [5.74, 6) is 0.0203. The van der Waals surface area contributed by atoms with Gasteiger partial charge in [-0.3, -0.25) is 10.1 Å². The van der Waals surface area contributed by atoms with Crippen LogP contribution < -0.4 is 9.46 Å². The van der Waals surface area contributed by atoms with Crippen molar-refractivity contribution < 1.29 is 23.2 Å². The number of nitro groups is 1. The molecular weight excluding hydrogens is 300 g/mol. The monoisotopic (exact) mass is 318 g/mol. The summed E-state index contributed by atoms with van der Waals surface area (Å²) in [6, 6.07) is 2.90. The van der Waals surface area contributed by atoms with Crippen molar-refractivity contribution in [2.75, 3.05) is 13.7 Å². The van der Waals surface area contributed by atoms with Crippen LogP contribution in [0.3, 0.4) is 0 Å². The number of rotatable bonds is 8. The lowest BCUT2D eigenvalue weighted by molar-refractivity contribution is -0.385. The predicted octanol–water partition coefficient (Wildman–Crippen LogP) is 1.04. The summed E-state index contributed by atoms with van der Waals surface area (Å²) >= 11 is 0. The number of non-ortho nitro benzene ring substituents is 1. The third kappa shape index (κ3) is 4.38. The number of aliphatic hydroxyl groups is 1. The minimum absolute atomic E-state index is 0.0203. The Morgan fingerprint density at radius 1 is 1.48 bits per heavy atom. The zero-order chi connectivity index (χ0) is 16.0. The van der Waals surface area contributed by atoms with Crippen molar-refractivity contribution in [3.05, 3.63) is 28.3 Å². The van der Waals surface area contributed by atoms with Gasteiger partial charge in [0.25, 0.3) is 5.69 Å². The van der Waals surface area contributed by atoms with Crippen LogP contribution in [-0.2, 0) is 10.0 Å². The fraction of sp³-hybridized carbons (Fsp3) is 0.500. The summed E-state index contributed by atoms with van der Waals surface area (Å²) in [4.78, 5) is 9.80. The topological polar surface area (TPSA) is 119 Å². The van der Waals surface area contributed by atoms with E-state index in [0.29, 0.717) is 6.42 Å². The highest BCUT2D eigenvalue weighted by Gasteiger charge is 2.25. The Morgan fingerprint density at radius 3 is 2.62 bits per heavy atom. The molecule has 0 spiro atoms. The van der Waals surface area contributed by atoms with Crippen LogP contribution in [0.2, 0.25) is 0 Å². The molecular formula is C12H18N2O6S. The first-order valence-corrected chi connectivity index (χ1v) is 7.79. The van der Waals surface area contributed by atoms with E-state index in [9.17, 15) is 18.5 Å². The van der Waals surface area contributed by atoms with E-state index in [2.05, 4.69) is 4.72 Å². The summed E-state index contributed by atoms with van der Waals surface area (Å²) < 4.78 is 32.0. The highest BCUT2D eigenvalue weighted by molar-refractivity contribution is 7.89. The molecule has 1 aromatic rings. The molecule has 0 radical (unpaired) electrons. The van der Waals surface area contributed by atoms with Crippen LogP contribution in [0.1, 0.15) is 19.8 Å². The second kappa shape index (κ2) is 7.34. The van der Waals surface area contributed by atoms with Gasteiger partial charge in [0, 0.05) is 24.8 Å². The third-order valence-electron chi connectivity index (χ3n) is 2.94. The van der Waals surface area contributed by atoms with Crippen molar-refractivity contribution in [2.24, 2.45) is 0 Å². The molecule has 1 unspecified atom stereocenters. The van der Waals surface area contributed by atoms with E-state index in [0.717, 1.165) is 6.07 Å². The predicted molar refractivity (Wildman–Crippen MR) is 75.8 cm³/mol. The Kier molecular flexibility index (Phi) is 6.06. The lowest BCUT2D eigenvalue weighted by Crippen LogP contribution is -2.35. The van der Waals surface area contributed by atoms with Crippen LogP contribution in [-0.4, -0.2) is 38.2 Å². The fourth-order valence-electron chi connectivity index (χ4n) is 1.77. The number of hydrogen-bond donors (Lipinski definition) is 2. The number of nitro benzene ring substituents is 1.